The number of carbonyl (C=O) groups excluding carboxylic acids is 1. The third-order valence-electron chi connectivity index (χ3n) is 3.70. The first-order chi connectivity index (χ1) is 11.1. The SMILES string of the molecule is Cc1cccc(Cl)c1C(=O)Pc1ccc(-c2ccccc2)cc1. The first kappa shape index (κ1) is 15.9. The molecule has 0 amide bonds. The van der Waals surface area contributed by atoms with E-state index in [9.17, 15) is 4.79 Å². The summed E-state index contributed by atoms with van der Waals surface area (Å²) < 4.78 is 0. The van der Waals surface area contributed by atoms with Gasteiger partial charge in [0.2, 0.25) is 0 Å². The molecule has 0 fully saturated rings. The minimum absolute atomic E-state index is 0.0792. The topological polar surface area (TPSA) is 17.1 Å². The molecule has 1 unspecified atom stereocenters. The number of hydrogen-bond donors (Lipinski definition) is 0. The van der Waals surface area contributed by atoms with Crippen LogP contribution < -0.4 is 5.30 Å². The molecule has 0 bridgehead atoms. The Balaban J connectivity index is 1.80. The van der Waals surface area contributed by atoms with E-state index in [0.29, 0.717) is 10.6 Å². The van der Waals surface area contributed by atoms with Gasteiger partial charge in [-0.2, -0.15) is 0 Å². The van der Waals surface area contributed by atoms with Gasteiger partial charge in [0.1, 0.15) is 0 Å². The van der Waals surface area contributed by atoms with Gasteiger partial charge in [-0.15, -0.1) is 0 Å². The number of carbonyl (C=O) groups is 1. The molecule has 114 valence electrons. The summed E-state index contributed by atoms with van der Waals surface area (Å²) in [7, 11) is 0.0792. The zero-order valence-corrected chi connectivity index (χ0v) is 14.5. The van der Waals surface area contributed by atoms with Gasteiger partial charge in [0.05, 0.1) is 5.02 Å². The highest BCUT2D eigenvalue weighted by Crippen LogP contribution is 2.28. The van der Waals surface area contributed by atoms with Crippen molar-refractivity contribution in [3.8, 4) is 11.1 Å². The lowest BCUT2D eigenvalue weighted by Crippen LogP contribution is -2.03. The minimum atomic E-state index is 0.0792. The second-order valence-electron chi connectivity index (χ2n) is 5.33. The van der Waals surface area contributed by atoms with Crippen molar-refractivity contribution in [1.82, 2.24) is 0 Å². The Morgan fingerprint density at radius 2 is 1.48 bits per heavy atom. The molecule has 0 saturated heterocycles. The van der Waals surface area contributed by atoms with E-state index in [1.807, 2.05) is 49.4 Å². The van der Waals surface area contributed by atoms with Crippen molar-refractivity contribution >= 4 is 31.0 Å². The fourth-order valence-corrected chi connectivity index (χ4v) is 3.93. The van der Waals surface area contributed by atoms with E-state index in [1.165, 1.54) is 5.56 Å². The summed E-state index contributed by atoms with van der Waals surface area (Å²) in [5.41, 5.74) is 3.98. The van der Waals surface area contributed by atoms with Gasteiger partial charge >= 0.3 is 0 Å². The van der Waals surface area contributed by atoms with Crippen molar-refractivity contribution in [3.05, 3.63) is 88.9 Å². The summed E-state index contributed by atoms with van der Waals surface area (Å²) in [5, 5.41) is 1.55. The van der Waals surface area contributed by atoms with E-state index in [-0.39, 0.29) is 14.1 Å². The second kappa shape index (κ2) is 7.08. The van der Waals surface area contributed by atoms with Crippen LogP contribution >= 0.6 is 20.2 Å². The zero-order valence-electron chi connectivity index (χ0n) is 12.7. The lowest BCUT2D eigenvalue weighted by Gasteiger charge is -2.08. The van der Waals surface area contributed by atoms with Crippen molar-refractivity contribution in [2.24, 2.45) is 0 Å². The second-order valence-corrected chi connectivity index (χ2v) is 7.02. The van der Waals surface area contributed by atoms with Crippen LogP contribution in [0.1, 0.15) is 15.9 Å². The highest BCUT2D eigenvalue weighted by molar-refractivity contribution is 7.66. The molecule has 0 heterocycles. The quantitative estimate of drug-likeness (QED) is 0.577. The van der Waals surface area contributed by atoms with Gasteiger partial charge in [0, 0.05) is 5.56 Å². The first-order valence-corrected chi connectivity index (χ1v) is 8.75. The summed E-state index contributed by atoms with van der Waals surface area (Å²) >= 11 is 6.18. The molecule has 0 spiro atoms. The summed E-state index contributed by atoms with van der Waals surface area (Å²) in [6.45, 7) is 1.92. The van der Waals surface area contributed by atoms with Gasteiger partial charge in [-0.05, 0) is 43.6 Å². The molecule has 0 aliphatic heterocycles. The normalized spacial score (nSPS) is 11.0. The van der Waals surface area contributed by atoms with E-state index in [0.717, 1.165) is 16.4 Å². The van der Waals surface area contributed by atoms with Crippen LogP contribution in [0.5, 0.6) is 0 Å². The highest BCUT2D eigenvalue weighted by Gasteiger charge is 2.13. The Morgan fingerprint density at radius 3 is 2.13 bits per heavy atom. The van der Waals surface area contributed by atoms with E-state index in [4.69, 9.17) is 11.6 Å². The largest absolute Gasteiger partial charge is 0.289 e. The summed E-state index contributed by atoms with van der Waals surface area (Å²) in [6, 6.07) is 23.9. The highest BCUT2D eigenvalue weighted by atomic mass is 35.5. The molecule has 0 aromatic heterocycles. The molecular formula is C20H16ClOP. The summed E-state index contributed by atoms with van der Waals surface area (Å²) in [4.78, 5) is 12.5. The van der Waals surface area contributed by atoms with E-state index in [2.05, 4.69) is 24.3 Å². The fraction of sp³-hybridized carbons (Fsp3) is 0.0500. The maximum absolute atomic E-state index is 12.5. The van der Waals surface area contributed by atoms with Gasteiger partial charge in [-0.1, -0.05) is 78.3 Å². The predicted octanol–water partition coefficient (Wildman–Crippen LogP) is 5.46. The number of aryl methyl sites for hydroxylation is 1. The standard InChI is InChI=1S/C20H16ClOP/c1-14-6-5-9-18(21)19(14)20(22)23-17-12-10-16(11-13-17)15-7-3-2-4-8-15/h2-13,23H,1H3. The lowest BCUT2D eigenvalue weighted by atomic mass is 10.1. The van der Waals surface area contributed by atoms with Crippen LogP contribution in [0.2, 0.25) is 5.02 Å². The third kappa shape index (κ3) is 3.69. The van der Waals surface area contributed by atoms with Crippen LogP contribution in [0.15, 0.2) is 72.8 Å². The predicted molar refractivity (Wildman–Crippen MR) is 100 cm³/mol. The van der Waals surface area contributed by atoms with Crippen LogP contribution in [-0.2, 0) is 0 Å². The van der Waals surface area contributed by atoms with Gasteiger partial charge in [-0.25, -0.2) is 0 Å². The minimum Gasteiger partial charge on any atom is -0.289 e. The third-order valence-corrected chi connectivity index (χ3v) is 5.11. The molecule has 0 radical (unpaired) electrons. The Bertz CT molecular complexity index is 806. The molecule has 3 heteroatoms. The molecule has 3 aromatic rings. The van der Waals surface area contributed by atoms with Crippen LogP contribution in [0, 0.1) is 6.92 Å². The van der Waals surface area contributed by atoms with Crippen LogP contribution in [0.3, 0.4) is 0 Å². The molecule has 0 aliphatic carbocycles. The van der Waals surface area contributed by atoms with Crippen molar-refractivity contribution in [2.75, 3.05) is 0 Å². The Morgan fingerprint density at radius 1 is 0.826 bits per heavy atom. The number of rotatable bonds is 4. The van der Waals surface area contributed by atoms with Crippen LogP contribution in [0.25, 0.3) is 11.1 Å². The lowest BCUT2D eigenvalue weighted by molar-refractivity contribution is 0.108. The average molecular weight is 339 g/mol. The van der Waals surface area contributed by atoms with E-state index < -0.39 is 0 Å². The smallest absolute Gasteiger partial charge is 0.187 e. The Kier molecular flexibility index (Phi) is 4.91. The molecule has 1 nitrogen and oxygen atoms in total. The van der Waals surface area contributed by atoms with E-state index in [1.54, 1.807) is 6.07 Å². The van der Waals surface area contributed by atoms with Crippen molar-refractivity contribution in [1.29, 1.82) is 0 Å². The fourth-order valence-electron chi connectivity index (χ4n) is 2.49. The molecule has 0 aliphatic rings. The summed E-state index contributed by atoms with van der Waals surface area (Å²) in [5.74, 6) is 0. The molecule has 23 heavy (non-hydrogen) atoms. The molecular weight excluding hydrogens is 323 g/mol. The molecule has 3 rings (SSSR count). The number of benzene rings is 3. The van der Waals surface area contributed by atoms with Gasteiger partial charge < -0.3 is 0 Å². The van der Waals surface area contributed by atoms with Crippen LogP contribution in [0.4, 0.5) is 0 Å². The Hall–Kier alpha value is -1.95. The maximum atomic E-state index is 12.5. The van der Waals surface area contributed by atoms with Gasteiger partial charge in [0.15, 0.2) is 5.52 Å². The van der Waals surface area contributed by atoms with E-state index >= 15 is 0 Å². The van der Waals surface area contributed by atoms with Crippen molar-refractivity contribution in [2.45, 2.75) is 6.92 Å². The molecule has 1 atom stereocenters. The Labute approximate surface area is 143 Å². The molecule has 3 aromatic carbocycles. The van der Waals surface area contributed by atoms with Crippen LogP contribution in [-0.4, -0.2) is 5.52 Å². The molecule has 0 saturated carbocycles. The van der Waals surface area contributed by atoms with Gasteiger partial charge in [0.25, 0.3) is 0 Å². The summed E-state index contributed by atoms with van der Waals surface area (Å²) in [6.07, 6.45) is 0. The monoisotopic (exact) mass is 338 g/mol. The average Bonchev–Trinajstić information content (AvgIpc) is 2.56. The van der Waals surface area contributed by atoms with Crippen molar-refractivity contribution < 1.29 is 4.79 Å². The van der Waals surface area contributed by atoms with Gasteiger partial charge in [-0.3, -0.25) is 4.79 Å². The number of halogens is 1. The maximum Gasteiger partial charge on any atom is 0.187 e. The first-order valence-electron chi connectivity index (χ1n) is 7.37. The van der Waals surface area contributed by atoms with Crippen molar-refractivity contribution in [3.63, 3.8) is 0 Å². The zero-order chi connectivity index (χ0) is 16.2. The number of hydrogen-bond acceptors (Lipinski definition) is 1. The molecule has 0 N–H and O–H groups in total.